The average molecular weight is 313 g/mol. The third kappa shape index (κ3) is 5.93. The van der Waals surface area contributed by atoms with Gasteiger partial charge >= 0.3 is 0 Å². The van der Waals surface area contributed by atoms with E-state index in [1.165, 1.54) is 11.1 Å². The summed E-state index contributed by atoms with van der Waals surface area (Å²) in [5, 5.41) is 3.06. The second-order valence-electron chi connectivity index (χ2n) is 6.48. The van der Waals surface area contributed by atoms with E-state index in [9.17, 15) is 4.79 Å². The molecule has 1 atom stereocenters. The van der Waals surface area contributed by atoms with Crippen molar-refractivity contribution in [1.82, 2.24) is 5.32 Å². The molecule has 3 heteroatoms. The second kappa shape index (κ2) is 8.56. The first-order valence-electron chi connectivity index (χ1n) is 8.45. The fourth-order valence-corrected chi connectivity index (χ4v) is 2.56. The number of benzene rings is 1. The number of hydrogen-bond acceptors (Lipinski definition) is 2. The fraction of sp³-hybridized carbons (Fsp3) is 0.450. The highest BCUT2D eigenvalue weighted by Crippen LogP contribution is 2.15. The van der Waals surface area contributed by atoms with Crippen LogP contribution in [0.1, 0.15) is 56.4 Å². The first kappa shape index (κ1) is 17.3. The van der Waals surface area contributed by atoms with Crippen molar-refractivity contribution in [1.29, 1.82) is 0 Å². The molecule has 0 bridgehead atoms. The van der Waals surface area contributed by atoms with Crippen molar-refractivity contribution < 1.29 is 9.21 Å². The van der Waals surface area contributed by atoms with Crippen LogP contribution >= 0.6 is 0 Å². The molecular formula is C20H27NO2. The highest BCUT2D eigenvalue weighted by atomic mass is 16.3. The molecule has 0 aliphatic carbocycles. The Labute approximate surface area is 139 Å². The summed E-state index contributed by atoms with van der Waals surface area (Å²) in [4.78, 5) is 12.0. The number of rotatable bonds is 8. The van der Waals surface area contributed by atoms with Crippen LogP contribution < -0.4 is 5.32 Å². The molecule has 0 aliphatic rings. The SMILES string of the molecule is CC(C)c1ccc(CCC(=O)N[C@H](C)CCc2ccco2)cc1. The second-order valence-corrected chi connectivity index (χ2v) is 6.48. The highest BCUT2D eigenvalue weighted by Gasteiger charge is 2.09. The summed E-state index contributed by atoms with van der Waals surface area (Å²) in [7, 11) is 0. The van der Waals surface area contributed by atoms with E-state index in [-0.39, 0.29) is 11.9 Å². The lowest BCUT2D eigenvalue weighted by Gasteiger charge is -2.13. The molecule has 0 radical (unpaired) electrons. The summed E-state index contributed by atoms with van der Waals surface area (Å²) < 4.78 is 5.31. The molecule has 3 nitrogen and oxygen atoms in total. The monoisotopic (exact) mass is 313 g/mol. The Balaban J connectivity index is 1.69. The van der Waals surface area contributed by atoms with Crippen LogP contribution in [-0.2, 0) is 17.6 Å². The van der Waals surface area contributed by atoms with Gasteiger partial charge in [-0.05, 0) is 48.9 Å². The van der Waals surface area contributed by atoms with Gasteiger partial charge in [-0.25, -0.2) is 0 Å². The molecule has 1 aromatic heterocycles. The van der Waals surface area contributed by atoms with E-state index in [0.717, 1.165) is 25.0 Å². The van der Waals surface area contributed by atoms with Gasteiger partial charge in [-0.3, -0.25) is 4.79 Å². The predicted molar refractivity (Wildman–Crippen MR) is 93.5 cm³/mol. The van der Waals surface area contributed by atoms with Crippen LogP contribution in [0.4, 0.5) is 0 Å². The Hall–Kier alpha value is -2.03. The number of nitrogens with one attached hydrogen (secondary N) is 1. The summed E-state index contributed by atoms with van der Waals surface area (Å²) in [5.41, 5.74) is 2.55. The molecule has 2 aromatic rings. The summed E-state index contributed by atoms with van der Waals surface area (Å²) in [6, 6.07) is 12.6. The third-order valence-corrected chi connectivity index (χ3v) is 4.10. The molecule has 0 unspecified atom stereocenters. The maximum atomic E-state index is 12.0. The Morgan fingerprint density at radius 3 is 2.43 bits per heavy atom. The van der Waals surface area contributed by atoms with Gasteiger partial charge in [-0.2, -0.15) is 0 Å². The molecule has 0 saturated heterocycles. The van der Waals surface area contributed by atoms with Crippen molar-refractivity contribution in [3.05, 3.63) is 59.5 Å². The normalized spacial score (nSPS) is 12.3. The average Bonchev–Trinajstić information content (AvgIpc) is 3.05. The van der Waals surface area contributed by atoms with Crippen LogP contribution in [0.25, 0.3) is 0 Å². The molecule has 1 heterocycles. The van der Waals surface area contributed by atoms with Crippen LogP contribution in [0.5, 0.6) is 0 Å². The van der Waals surface area contributed by atoms with Crippen LogP contribution in [0.15, 0.2) is 47.1 Å². The summed E-state index contributed by atoms with van der Waals surface area (Å²) in [5.74, 6) is 1.63. The quantitative estimate of drug-likeness (QED) is 0.781. The number of hydrogen-bond donors (Lipinski definition) is 1. The minimum Gasteiger partial charge on any atom is -0.469 e. The van der Waals surface area contributed by atoms with Crippen LogP contribution in [-0.4, -0.2) is 11.9 Å². The molecular weight excluding hydrogens is 286 g/mol. The molecule has 0 fully saturated rings. The number of amides is 1. The van der Waals surface area contributed by atoms with Gasteiger partial charge in [0.25, 0.3) is 0 Å². The molecule has 0 aliphatic heterocycles. The first-order valence-corrected chi connectivity index (χ1v) is 8.45. The molecule has 1 N–H and O–H groups in total. The van der Waals surface area contributed by atoms with Gasteiger partial charge in [0, 0.05) is 18.9 Å². The first-order chi connectivity index (χ1) is 11.0. The van der Waals surface area contributed by atoms with Crippen LogP contribution in [0, 0.1) is 0 Å². The van der Waals surface area contributed by atoms with Gasteiger partial charge < -0.3 is 9.73 Å². The van der Waals surface area contributed by atoms with Crippen LogP contribution in [0.2, 0.25) is 0 Å². The largest absolute Gasteiger partial charge is 0.469 e. The van der Waals surface area contributed by atoms with E-state index in [4.69, 9.17) is 4.42 Å². The third-order valence-electron chi connectivity index (χ3n) is 4.10. The lowest BCUT2D eigenvalue weighted by molar-refractivity contribution is -0.121. The molecule has 23 heavy (non-hydrogen) atoms. The van der Waals surface area contributed by atoms with E-state index < -0.39 is 0 Å². The Morgan fingerprint density at radius 1 is 1.09 bits per heavy atom. The molecule has 2 rings (SSSR count). The van der Waals surface area contributed by atoms with Crippen LogP contribution in [0.3, 0.4) is 0 Å². The smallest absolute Gasteiger partial charge is 0.220 e. The van der Waals surface area contributed by atoms with Gasteiger partial charge in [0.2, 0.25) is 5.91 Å². The van der Waals surface area contributed by atoms with Gasteiger partial charge in [0.15, 0.2) is 0 Å². The topological polar surface area (TPSA) is 42.2 Å². The Morgan fingerprint density at radius 2 is 1.83 bits per heavy atom. The molecule has 0 saturated carbocycles. The van der Waals surface area contributed by atoms with Gasteiger partial charge in [-0.15, -0.1) is 0 Å². The van der Waals surface area contributed by atoms with Crippen molar-refractivity contribution in [2.45, 2.75) is 58.4 Å². The predicted octanol–water partition coefficient (Wildman–Crippen LogP) is 4.47. The zero-order valence-electron chi connectivity index (χ0n) is 14.3. The van der Waals surface area contributed by atoms with E-state index in [1.807, 2.05) is 19.1 Å². The molecule has 124 valence electrons. The van der Waals surface area contributed by atoms with Gasteiger partial charge in [0.05, 0.1) is 6.26 Å². The fourth-order valence-electron chi connectivity index (χ4n) is 2.56. The standard InChI is InChI=1S/C20H27NO2/c1-15(2)18-10-7-17(8-11-18)9-13-20(22)21-16(3)6-12-19-5-4-14-23-19/h4-5,7-8,10-11,14-16H,6,9,12-13H2,1-3H3,(H,21,22)/t16-/m1/s1. The maximum absolute atomic E-state index is 12.0. The van der Waals surface area contributed by atoms with Crippen molar-refractivity contribution >= 4 is 5.91 Å². The zero-order valence-corrected chi connectivity index (χ0v) is 14.3. The number of carbonyl (C=O) groups excluding carboxylic acids is 1. The Bertz CT molecular complexity index is 585. The van der Waals surface area contributed by atoms with E-state index in [1.54, 1.807) is 6.26 Å². The van der Waals surface area contributed by atoms with Gasteiger partial charge in [0.1, 0.15) is 5.76 Å². The molecule has 1 aromatic carbocycles. The van der Waals surface area contributed by atoms with Crippen molar-refractivity contribution in [2.24, 2.45) is 0 Å². The molecule has 0 spiro atoms. The van der Waals surface area contributed by atoms with Crippen molar-refractivity contribution in [3.8, 4) is 0 Å². The van der Waals surface area contributed by atoms with E-state index in [0.29, 0.717) is 12.3 Å². The lowest BCUT2D eigenvalue weighted by Crippen LogP contribution is -2.33. The van der Waals surface area contributed by atoms with E-state index >= 15 is 0 Å². The van der Waals surface area contributed by atoms with E-state index in [2.05, 4.69) is 43.4 Å². The minimum absolute atomic E-state index is 0.116. The maximum Gasteiger partial charge on any atom is 0.220 e. The van der Waals surface area contributed by atoms with Crippen molar-refractivity contribution in [3.63, 3.8) is 0 Å². The summed E-state index contributed by atoms with van der Waals surface area (Å²) in [6.45, 7) is 6.41. The van der Waals surface area contributed by atoms with Gasteiger partial charge in [-0.1, -0.05) is 38.1 Å². The molecule has 1 amide bonds. The Kier molecular flexibility index (Phi) is 6.45. The lowest BCUT2D eigenvalue weighted by atomic mass is 10.0. The number of furan rings is 1. The number of carbonyl (C=O) groups is 1. The minimum atomic E-state index is 0.116. The highest BCUT2D eigenvalue weighted by molar-refractivity contribution is 5.76. The summed E-state index contributed by atoms with van der Waals surface area (Å²) >= 11 is 0. The zero-order chi connectivity index (χ0) is 16.7. The van der Waals surface area contributed by atoms with Crippen molar-refractivity contribution in [2.75, 3.05) is 0 Å². The number of aryl methyl sites for hydroxylation is 2. The summed E-state index contributed by atoms with van der Waals surface area (Å²) in [6.07, 6.45) is 4.75.